The normalized spacial score (nSPS) is 11.4. The highest BCUT2D eigenvalue weighted by molar-refractivity contribution is 14.1. The van der Waals surface area contributed by atoms with Gasteiger partial charge in [-0.1, -0.05) is 320 Å². The lowest BCUT2D eigenvalue weighted by atomic mass is 10.0. The van der Waals surface area contributed by atoms with Crippen molar-refractivity contribution in [3.8, 4) is 55.6 Å². The first-order chi connectivity index (χ1) is 54.4. The molecule has 0 bridgehead atoms. The zero-order valence-corrected chi connectivity index (χ0v) is 63.5. The van der Waals surface area contributed by atoms with Crippen molar-refractivity contribution in [2.75, 3.05) is 14.7 Å². The Balaban J connectivity index is 0.000000126. The van der Waals surface area contributed by atoms with Crippen LogP contribution in [0.2, 0.25) is 5.02 Å². The van der Waals surface area contributed by atoms with Crippen molar-refractivity contribution in [3.63, 3.8) is 0 Å². The zero-order chi connectivity index (χ0) is 73.8. The van der Waals surface area contributed by atoms with E-state index in [0.717, 1.165) is 44.7 Å². The minimum Gasteiger partial charge on any atom is -0.311 e. The summed E-state index contributed by atoms with van der Waals surface area (Å²) in [5.74, 6) is 0. The van der Waals surface area contributed by atoms with Crippen molar-refractivity contribution in [3.05, 3.63) is 411 Å². The van der Waals surface area contributed by atoms with Crippen LogP contribution in [0.25, 0.3) is 143 Å². The molecule has 8 heteroatoms. The van der Waals surface area contributed by atoms with Crippen molar-refractivity contribution in [2.45, 2.75) is 14.4 Å². The van der Waals surface area contributed by atoms with Crippen molar-refractivity contribution in [2.24, 2.45) is 0 Å². The molecule has 0 aliphatic heterocycles. The fraction of sp³-hybridized carbons (Fsp3) is 0.0291. The van der Waals surface area contributed by atoms with Gasteiger partial charge in [0.2, 0.25) is 0 Å². The molecule has 6 aromatic heterocycles. The lowest BCUT2D eigenvalue weighted by Crippen LogP contribution is -2.09. The van der Waals surface area contributed by atoms with Crippen molar-refractivity contribution in [1.29, 1.82) is 0 Å². The summed E-state index contributed by atoms with van der Waals surface area (Å²) in [6.07, 6.45) is 0. The molecule has 0 fully saturated rings. The summed E-state index contributed by atoms with van der Waals surface area (Å²) < 4.78 is 9.59. The van der Waals surface area contributed by atoms with E-state index in [0.29, 0.717) is 0 Å². The molecule has 6 nitrogen and oxygen atoms in total. The molecule has 0 atom stereocenters. The maximum absolute atomic E-state index is 6.28. The molecule has 0 saturated heterocycles. The van der Waals surface area contributed by atoms with Crippen molar-refractivity contribution >= 4 is 156 Å². The maximum Gasteiger partial charge on any atom is 0.131 e. The van der Waals surface area contributed by atoms with Gasteiger partial charge in [0.15, 0.2) is 0 Å². The molecule has 0 radical (unpaired) electrons. The Hall–Kier alpha value is -13.2. The van der Waals surface area contributed by atoms with Crippen molar-refractivity contribution < 1.29 is 0 Å². The molecular weight excluding hydrogens is 1480 g/mol. The largest absolute Gasteiger partial charge is 0.311 e. The number of aromatic nitrogens is 4. The first-order valence-electron chi connectivity index (χ1n) is 37.2. The summed E-state index contributed by atoms with van der Waals surface area (Å²) in [5.41, 5.74) is 32.4. The van der Waals surface area contributed by atoms with Gasteiger partial charge in [0.05, 0.1) is 44.1 Å². The number of alkyl halides is 1. The maximum atomic E-state index is 6.28. The highest BCUT2D eigenvalue weighted by atomic mass is 127. The molecular formula is C103H76ClIN6. The smallest absolute Gasteiger partial charge is 0.131 e. The van der Waals surface area contributed by atoms with Gasteiger partial charge < -0.3 is 9.80 Å². The molecule has 0 unspecified atom stereocenters. The Labute approximate surface area is 664 Å². The predicted octanol–water partition coefficient (Wildman–Crippen LogP) is 29.8. The first-order valence-corrected chi connectivity index (χ1v) is 39.7. The topological polar surface area (TPSA) is 24.1 Å². The number of nitrogens with zero attached hydrogens (tertiary/aromatic N) is 6. The standard InChI is InChI=1S/C50H33N3.C31H25N.C20H11ClN2.CH3I.CH4/c1-3-11-34(12-4-1)36-19-26-40(27-20-36)51(41-28-21-37(22-29-41)35-13-5-2-6-14-35)42-30-23-38(24-31-42)39-25-32-47-48(33-39)53-46-18-10-8-16-44(46)49-43-15-7-9-17-45(43)52(47)50(49)53;1-24-12-18-29(19-13-24)32(30-20-14-27(15-21-30)25-8-4-2-5-9-25)31-22-16-28(17-23-31)26-10-6-3-7-11-26;21-12-9-10-17-18(11-12)23-16-8-4-2-6-14(16)19-13-5-1-3-7-15(13)22(17)20(19)23;1-2;/h1-33H;2-23H,1H3;1-11H;1H3;1H4. The summed E-state index contributed by atoms with van der Waals surface area (Å²) in [6.45, 7) is 2.12. The number of fused-ring (bicyclic) bond motifs is 18. The number of hydrogen-bond acceptors (Lipinski definition) is 2. The average molecular weight is 1560 g/mol. The van der Waals surface area contributed by atoms with E-state index in [2.05, 4.69) is 451 Å². The van der Waals surface area contributed by atoms with Gasteiger partial charge in [0.1, 0.15) is 11.3 Å². The third-order valence-corrected chi connectivity index (χ3v) is 21.7. The van der Waals surface area contributed by atoms with Gasteiger partial charge in [-0.3, -0.25) is 17.6 Å². The van der Waals surface area contributed by atoms with E-state index in [1.165, 1.54) is 143 Å². The van der Waals surface area contributed by atoms with E-state index in [1.807, 2.05) is 11.0 Å². The van der Waals surface area contributed by atoms with E-state index in [-0.39, 0.29) is 7.43 Å². The number of benzene rings is 16. The number of aryl methyl sites for hydroxylation is 1. The van der Waals surface area contributed by atoms with Gasteiger partial charge in [0.25, 0.3) is 0 Å². The van der Waals surface area contributed by atoms with Crippen LogP contribution < -0.4 is 9.80 Å². The number of hydrogen-bond donors (Lipinski definition) is 0. The molecule has 0 spiro atoms. The van der Waals surface area contributed by atoms with Crippen LogP contribution in [0.15, 0.2) is 400 Å². The lowest BCUT2D eigenvalue weighted by Gasteiger charge is -2.26. The summed E-state index contributed by atoms with van der Waals surface area (Å²) >= 11 is 8.43. The first kappa shape index (κ1) is 69.6. The molecule has 0 aliphatic rings. The summed E-state index contributed by atoms with van der Waals surface area (Å²) in [6, 6.07) is 143. The fourth-order valence-corrected chi connectivity index (χ4v) is 16.6. The van der Waals surface area contributed by atoms with Crippen LogP contribution in [-0.2, 0) is 0 Å². The van der Waals surface area contributed by atoms with E-state index < -0.39 is 0 Å². The van der Waals surface area contributed by atoms with Gasteiger partial charge >= 0.3 is 0 Å². The summed E-state index contributed by atoms with van der Waals surface area (Å²) in [4.78, 5) is 6.62. The average Bonchev–Trinajstić information content (AvgIpc) is 1.52. The number of halogens is 2. The number of para-hydroxylation sites is 4. The lowest BCUT2D eigenvalue weighted by molar-refractivity contribution is 1.27. The molecule has 0 N–H and O–H groups in total. The minimum absolute atomic E-state index is 0. The van der Waals surface area contributed by atoms with Gasteiger partial charge in [-0.25, -0.2) is 0 Å². The molecule has 16 aromatic carbocycles. The molecule has 22 rings (SSSR count). The number of anilines is 6. The molecule has 22 aromatic rings. The molecule has 0 aliphatic carbocycles. The third-order valence-electron chi connectivity index (χ3n) is 21.5. The van der Waals surface area contributed by atoms with E-state index in [9.17, 15) is 0 Å². The molecule has 6 heterocycles. The second-order valence-corrected chi connectivity index (χ2v) is 28.3. The number of rotatable bonds is 11. The van der Waals surface area contributed by atoms with Crippen LogP contribution in [0.4, 0.5) is 34.1 Å². The minimum atomic E-state index is 0. The highest BCUT2D eigenvalue weighted by Crippen LogP contribution is 2.46. The van der Waals surface area contributed by atoms with Crippen LogP contribution in [0.1, 0.15) is 13.0 Å². The fourth-order valence-electron chi connectivity index (χ4n) is 16.4. The Bertz CT molecular complexity index is 6820. The quantitative estimate of drug-likeness (QED) is 0.0952. The van der Waals surface area contributed by atoms with Gasteiger partial charge in [-0.05, 0) is 195 Å². The molecule has 0 saturated carbocycles. The number of imidazole rings is 2. The zero-order valence-electron chi connectivity index (χ0n) is 60.5. The Kier molecular flexibility index (Phi) is 18.7. The molecule has 532 valence electrons. The van der Waals surface area contributed by atoms with E-state index in [1.54, 1.807) is 0 Å². The SMILES string of the molecule is C.CI.Cc1ccc(N(c2ccc(-c3ccccc3)cc2)c2ccc(-c3ccccc3)cc2)cc1.Clc1ccc2c(c1)n1c3ccccc3c3c4ccccc4n2c31.c1ccc(-c2ccc(N(c3ccc(-c4ccccc4)cc3)c3ccc(-c4ccc5c(c4)n4c6ccccc6c6c7ccccc7n5c64)cc3)cc2)cc1. The summed E-state index contributed by atoms with van der Waals surface area (Å²) in [5, 5.41) is 8.62. The van der Waals surface area contributed by atoms with Crippen LogP contribution >= 0.6 is 34.2 Å². The van der Waals surface area contributed by atoms with Gasteiger partial charge in [-0.15, -0.1) is 0 Å². The second-order valence-electron chi connectivity index (χ2n) is 27.8. The Morgan fingerprint density at radius 3 is 0.748 bits per heavy atom. The third kappa shape index (κ3) is 12.4. The second kappa shape index (κ2) is 29.8. The van der Waals surface area contributed by atoms with Crippen LogP contribution in [-0.4, -0.2) is 22.5 Å². The van der Waals surface area contributed by atoms with Crippen LogP contribution in [0, 0.1) is 6.92 Å². The monoisotopic (exact) mass is 1560 g/mol. The summed E-state index contributed by atoms with van der Waals surface area (Å²) in [7, 11) is 0. The predicted molar refractivity (Wildman–Crippen MR) is 484 cm³/mol. The van der Waals surface area contributed by atoms with E-state index in [4.69, 9.17) is 11.6 Å². The molecule has 111 heavy (non-hydrogen) atoms. The Morgan fingerprint density at radius 1 is 0.216 bits per heavy atom. The van der Waals surface area contributed by atoms with E-state index >= 15 is 0 Å². The Morgan fingerprint density at radius 2 is 0.441 bits per heavy atom. The highest BCUT2D eigenvalue weighted by Gasteiger charge is 2.25. The molecule has 0 amide bonds. The van der Waals surface area contributed by atoms with Crippen molar-refractivity contribution in [1.82, 2.24) is 17.6 Å². The van der Waals surface area contributed by atoms with Crippen LogP contribution in [0.3, 0.4) is 0 Å². The van der Waals surface area contributed by atoms with Gasteiger partial charge in [0, 0.05) is 71.5 Å². The van der Waals surface area contributed by atoms with Crippen LogP contribution in [0.5, 0.6) is 0 Å². The van der Waals surface area contributed by atoms with Gasteiger partial charge in [-0.2, -0.15) is 0 Å².